The first-order valence-corrected chi connectivity index (χ1v) is 5.70. The van der Waals surface area contributed by atoms with Gasteiger partial charge in [-0.1, -0.05) is 0 Å². The molecule has 0 atom stereocenters. The molecule has 1 rings (SSSR count). The van der Waals surface area contributed by atoms with E-state index in [-0.39, 0.29) is 18.9 Å². The second-order valence-corrected chi connectivity index (χ2v) is 4.31. The Kier molecular flexibility index (Phi) is 4.89. The standard InChI is InChI=1S/C11H13BrFNO2/c1-7-5-8(12)9(13)6-10(7)14-11(16)3-2-4-15/h5-6,15H,2-4H2,1H3,(H,14,16). The molecule has 3 nitrogen and oxygen atoms in total. The number of hydrogen-bond acceptors (Lipinski definition) is 2. The molecule has 0 aliphatic carbocycles. The third kappa shape index (κ3) is 3.57. The van der Waals surface area contributed by atoms with Crippen LogP contribution in [0.5, 0.6) is 0 Å². The van der Waals surface area contributed by atoms with E-state index in [1.165, 1.54) is 6.07 Å². The van der Waals surface area contributed by atoms with Crippen molar-refractivity contribution in [1.82, 2.24) is 0 Å². The Bertz CT molecular complexity index is 396. The topological polar surface area (TPSA) is 49.3 Å². The molecule has 0 radical (unpaired) electrons. The van der Waals surface area contributed by atoms with Crippen LogP contribution in [0.3, 0.4) is 0 Å². The fraction of sp³-hybridized carbons (Fsp3) is 0.364. The summed E-state index contributed by atoms with van der Waals surface area (Å²) in [4.78, 5) is 11.4. The molecule has 88 valence electrons. The molecule has 0 fully saturated rings. The van der Waals surface area contributed by atoms with Crippen LogP contribution in [0.1, 0.15) is 18.4 Å². The lowest BCUT2D eigenvalue weighted by Gasteiger charge is -2.09. The summed E-state index contributed by atoms with van der Waals surface area (Å²) in [5.41, 5.74) is 1.24. The van der Waals surface area contributed by atoms with Crippen LogP contribution in [0.4, 0.5) is 10.1 Å². The molecule has 0 aromatic heterocycles. The van der Waals surface area contributed by atoms with E-state index in [0.717, 1.165) is 5.56 Å². The number of rotatable bonds is 4. The summed E-state index contributed by atoms with van der Waals surface area (Å²) in [6.07, 6.45) is 0.636. The van der Waals surface area contributed by atoms with Gasteiger partial charge < -0.3 is 10.4 Å². The first-order chi connectivity index (χ1) is 7.54. The summed E-state index contributed by atoms with van der Waals surface area (Å²) in [5, 5.41) is 11.2. The minimum Gasteiger partial charge on any atom is -0.396 e. The molecule has 1 aromatic carbocycles. The predicted octanol–water partition coefficient (Wildman–Crippen LogP) is 2.61. The van der Waals surface area contributed by atoms with Crippen molar-refractivity contribution >= 4 is 27.5 Å². The van der Waals surface area contributed by atoms with Gasteiger partial charge in [-0.05, 0) is 47.0 Å². The average Bonchev–Trinajstić information content (AvgIpc) is 2.23. The Balaban J connectivity index is 2.73. The van der Waals surface area contributed by atoms with E-state index in [2.05, 4.69) is 21.2 Å². The average molecular weight is 290 g/mol. The van der Waals surface area contributed by atoms with Crippen LogP contribution in [-0.4, -0.2) is 17.6 Å². The van der Waals surface area contributed by atoms with E-state index in [9.17, 15) is 9.18 Å². The Morgan fingerprint density at radius 3 is 2.88 bits per heavy atom. The van der Waals surface area contributed by atoms with Crippen molar-refractivity contribution in [3.8, 4) is 0 Å². The normalized spacial score (nSPS) is 10.2. The lowest BCUT2D eigenvalue weighted by atomic mass is 10.2. The van der Waals surface area contributed by atoms with Gasteiger partial charge in [0.1, 0.15) is 5.82 Å². The number of carbonyl (C=O) groups is 1. The van der Waals surface area contributed by atoms with Crippen molar-refractivity contribution < 1.29 is 14.3 Å². The fourth-order valence-electron chi connectivity index (χ4n) is 1.23. The summed E-state index contributed by atoms with van der Waals surface area (Å²) >= 11 is 3.07. The van der Waals surface area contributed by atoms with Gasteiger partial charge in [-0.25, -0.2) is 4.39 Å². The van der Waals surface area contributed by atoms with Crippen LogP contribution in [0.15, 0.2) is 16.6 Å². The van der Waals surface area contributed by atoms with Gasteiger partial charge in [0.05, 0.1) is 4.47 Å². The number of nitrogens with one attached hydrogen (secondary N) is 1. The van der Waals surface area contributed by atoms with Crippen LogP contribution < -0.4 is 5.32 Å². The minimum atomic E-state index is -0.414. The van der Waals surface area contributed by atoms with Gasteiger partial charge in [0.25, 0.3) is 0 Å². The number of aliphatic hydroxyl groups excluding tert-OH is 1. The molecule has 0 saturated carbocycles. The van der Waals surface area contributed by atoms with Crippen molar-refractivity contribution in [1.29, 1.82) is 0 Å². The SMILES string of the molecule is Cc1cc(Br)c(F)cc1NC(=O)CCCO. The molecular formula is C11H13BrFNO2. The highest BCUT2D eigenvalue weighted by Gasteiger charge is 2.08. The molecule has 0 unspecified atom stereocenters. The minimum absolute atomic E-state index is 0.0267. The van der Waals surface area contributed by atoms with E-state index < -0.39 is 5.82 Å². The van der Waals surface area contributed by atoms with E-state index in [4.69, 9.17) is 5.11 Å². The third-order valence-corrected chi connectivity index (χ3v) is 2.71. The maximum absolute atomic E-state index is 13.2. The monoisotopic (exact) mass is 289 g/mol. The maximum atomic E-state index is 13.2. The van der Waals surface area contributed by atoms with Gasteiger partial charge in [0.15, 0.2) is 0 Å². The van der Waals surface area contributed by atoms with Gasteiger partial charge in [-0.3, -0.25) is 4.79 Å². The highest BCUT2D eigenvalue weighted by Crippen LogP contribution is 2.24. The zero-order valence-corrected chi connectivity index (χ0v) is 10.5. The molecule has 0 bridgehead atoms. The first-order valence-electron chi connectivity index (χ1n) is 4.91. The lowest BCUT2D eigenvalue weighted by Crippen LogP contribution is -2.12. The van der Waals surface area contributed by atoms with Crippen LogP contribution in [0.2, 0.25) is 0 Å². The Morgan fingerprint density at radius 2 is 2.25 bits per heavy atom. The molecule has 0 saturated heterocycles. The number of anilines is 1. The molecule has 1 aromatic rings. The van der Waals surface area contributed by atoms with Gasteiger partial charge in [0.2, 0.25) is 5.91 Å². The largest absolute Gasteiger partial charge is 0.396 e. The Morgan fingerprint density at radius 1 is 1.56 bits per heavy atom. The molecule has 1 amide bonds. The van der Waals surface area contributed by atoms with Crippen LogP contribution >= 0.6 is 15.9 Å². The summed E-state index contributed by atoms with van der Waals surface area (Å²) < 4.78 is 13.6. The maximum Gasteiger partial charge on any atom is 0.224 e. The molecule has 16 heavy (non-hydrogen) atoms. The van der Waals surface area contributed by atoms with Gasteiger partial charge >= 0.3 is 0 Å². The first kappa shape index (κ1) is 13.1. The summed E-state index contributed by atoms with van der Waals surface area (Å²) in [6, 6.07) is 2.88. The number of benzene rings is 1. The lowest BCUT2D eigenvalue weighted by molar-refractivity contribution is -0.116. The zero-order chi connectivity index (χ0) is 12.1. The number of aryl methyl sites for hydroxylation is 1. The van der Waals surface area contributed by atoms with Gasteiger partial charge in [-0.15, -0.1) is 0 Å². The number of aliphatic hydroxyl groups is 1. The van der Waals surface area contributed by atoms with Crippen molar-refractivity contribution in [2.24, 2.45) is 0 Å². The van der Waals surface area contributed by atoms with Crippen molar-refractivity contribution in [3.05, 3.63) is 28.0 Å². The van der Waals surface area contributed by atoms with E-state index in [1.54, 1.807) is 13.0 Å². The molecule has 0 aliphatic rings. The quantitative estimate of drug-likeness (QED) is 0.895. The number of halogens is 2. The molecule has 0 aliphatic heterocycles. The third-order valence-electron chi connectivity index (χ3n) is 2.10. The van der Waals surface area contributed by atoms with Gasteiger partial charge in [0, 0.05) is 18.7 Å². The second kappa shape index (κ2) is 5.96. The second-order valence-electron chi connectivity index (χ2n) is 3.46. The molecule has 5 heteroatoms. The van der Waals surface area contributed by atoms with E-state index in [0.29, 0.717) is 16.6 Å². The highest BCUT2D eigenvalue weighted by molar-refractivity contribution is 9.10. The van der Waals surface area contributed by atoms with E-state index in [1.807, 2.05) is 0 Å². The Hall–Kier alpha value is -0.940. The number of amides is 1. The van der Waals surface area contributed by atoms with Crippen LogP contribution in [-0.2, 0) is 4.79 Å². The zero-order valence-electron chi connectivity index (χ0n) is 8.89. The number of carbonyl (C=O) groups excluding carboxylic acids is 1. The van der Waals surface area contributed by atoms with Crippen molar-refractivity contribution in [3.63, 3.8) is 0 Å². The molecular weight excluding hydrogens is 277 g/mol. The Labute approximate surface area is 102 Å². The van der Waals surface area contributed by atoms with Crippen LogP contribution in [0.25, 0.3) is 0 Å². The van der Waals surface area contributed by atoms with Crippen molar-refractivity contribution in [2.75, 3.05) is 11.9 Å². The molecule has 2 N–H and O–H groups in total. The van der Waals surface area contributed by atoms with Crippen LogP contribution in [0, 0.1) is 12.7 Å². The van der Waals surface area contributed by atoms with Crippen molar-refractivity contribution in [2.45, 2.75) is 19.8 Å². The summed E-state index contributed by atoms with van der Waals surface area (Å²) in [6.45, 7) is 1.76. The molecule has 0 spiro atoms. The smallest absolute Gasteiger partial charge is 0.224 e. The van der Waals surface area contributed by atoms with Gasteiger partial charge in [-0.2, -0.15) is 0 Å². The van der Waals surface area contributed by atoms with E-state index >= 15 is 0 Å². The molecule has 0 heterocycles. The fourth-order valence-corrected chi connectivity index (χ4v) is 1.69. The highest BCUT2D eigenvalue weighted by atomic mass is 79.9. The number of hydrogen-bond donors (Lipinski definition) is 2. The summed E-state index contributed by atoms with van der Waals surface area (Å²) in [7, 11) is 0. The summed E-state index contributed by atoms with van der Waals surface area (Å²) in [5.74, 6) is -0.637. The predicted molar refractivity (Wildman–Crippen MR) is 63.8 cm³/mol.